The number of thiocarbonyl (C=S) groups is 1. The summed E-state index contributed by atoms with van der Waals surface area (Å²) in [5, 5.41) is 6.86. The van der Waals surface area contributed by atoms with Gasteiger partial charge in [0.2, 0.25) is 0 Å². The number of Topliss-reactive ketones (excluding diaryl/α,β-unsaturated/α-hetero) is 1. The lowest BCUT2D eigenvalue weighted by Crippen LogP contribution is -2.44. The van der Waals surface area contributed by atoms with Gasteiger partial charge in [-0.2, -0.15) is 0 Å². The molecule has 2 aromatic rings. The summed E-state index contributed by atoms with van der Waals surface area (Å²) in [6, 6.07) is 15.3. The first-order chi connectivity index (χ1) is 12.0. The number of benzene rings is 2. The summed E-state index contributed by atoms with van der Waals surface area (Å²) in [5.74, 6) is 0.695. The third-order valence-electron chi connectivity index (χ3n) is 4.02. The van der Waals surface area contributed by atoms with Crippen molar-refractivity contribution in [3.05, 3.63) is 68.8 Å². The van der Waals surface area contributed by atoms with Crippen molar-refractivity contribution < 1.29 is 9.53 Å². The fourth-order valence-corrected chi connectivity index (χ4v) is 3.68. The van der Waals surface area contributed by atoms with Crippen molar-refractivity contribution in [1.29, 1.82) is 0 Å². The highest BCUT2D eigenvalue weighted by atomic mass is 127. The molecule has 0 spiro atoms. The van der Waals surface area contributed by atoms with Gasteiger partial charge in [0.1, 0.15) is 5.75 Å². The van der Waals surface area contributed by atoms with E-state index in [4.69, 9.17) is 17.0 Å². The maximum atomic E-state index is 12.5. The quantitative estimate of drug-likeness (QED) is 0.533. The lowest BCUT2D eigenvalue weighted by molar-refractivity contribution is -0.113. The number of halogens is 1. The van der Waals surface area contributed by atoms with Crippen molar-refractivity contribution in [1.82, 2.24) is 10.6 Å². The van der Waals surface area contributed by atoms with E-state index in [1.807, 2.05) is 48.5 Å². The first-order valence-electron chi connectivity index (χ1n) is 7.72. The molecule has 1 atom stereocenters. The molecule has 1 heterocycles. The topological polar surface area (TPSA) is 50.4 Å². The third kappa shape index (κ3) is 3.69. The Labute approximate surface area is 165 Å². The van der Waals surface area contributed by atoms with E-state index >= 15 is 0 Å². The van der Waals surface area contributed by atoms with Crippen LogP contribution < -0.4 is 15.4 Å². The number of ketones is 1. The number of ether oxygens (including phenoxy) is 1. The highest BCUT2D eigenvalue weighted by Gasteiger charge is 2.32. The molecule has 25 heavy (non-hydrogen) atoms. The molecular weight excluding hydrogens is 447 g/mol. The fourth-order valence-electron chi connectivity index (χ4n) is 2.94. The number of carbonyl (C=O) groups is 1. The number of hydrogen-bond donors (Lipinski definition) is 2. The Morgan fingerprint density at radius 3 is 2.56 bits per heavy atom. The minimum absolute atomic E-state index is 0.0210. The van der Waals surface area contributed by atoms with Crippen LogP contribution in [0, 0.1) is 3.57 Å². The summed E-state index contributed by atoms with van der Waals surface area (Å²) in [6.07, 6.45) is 0. The average molecular weight is 464 g/mol. The van der Waals surface area contributed by atoms with Crippen LogP contribution in [-0.2, 0) is 4.79 Å². The van der Waals surface area contributed by atoms with Crippen molar-refractivity contribution in [3.8, 4) is 5.75 Å². The Bertz CT molecular complexity index is 865. The van der Waals surface area contributed by atoms with Gasteiger partial charge in [-0.3, -0.25) is 4.79 Å². The molecule has 6 heteroatoms. The highest BCUT2D eigenvalue weighted by Crippen LogP contribution is 2.36. The van der Waals surface area contributed by atoms with Crippen LogP contribution in [0.15, 0.2) is 54.1 Å². The third-order valence-corrected chi connectivity index (χ3v) is 4.91. The predicted octanol–water partition coefficient (Wildman–Crippen LogP) is 3.82. The van der Waals surface area contributed by atoms with Gasteiger partial charge in [-0.15, -0.1) is 0 Å². The molecule has 0 bridgehead atoms. The molecule has 0 radical (unpaired) electrons. The molecule has 0 aromatic heterocycles. The Morgan fingerprint density at radius 2 is 1.92 bits per heavy atom. The van der Waals surface area contributed by atoms with Gasteiger partial charge in [0, 0.05) is 14.7 Å². The number of nitrogens with one attached hydrogen (secondary N) is 2. The van der Waals surface area contributed by atoms with Gasteiger partial charge >= 0.3 is 0 Å². The van der Waals surface area contributed by atoms with E-state index in [-0.39, 0.29) is 11.8 Å². The van der Waals surface area contributed by atoms with Gasteiger partial charge in [-0.25, -0.2) is 0 Å². The van der Waals surface area contributed by atoms with Crippen LogP contribution in [0.3, 0.4) is 0 Å². The molecule has 2 N–H and O–H groups in total. The van der Waals surface area contributed by atoms with Crippen LogP contribution in [0.2, 0.25) is 0 Å². The first-order valence-corrected chi connectivity index (χ1v) is 9.21. The van der Waals surface area contributed by atoms with E-state index in [2.05, 4.69) is 33.2 Å². The van der Waals surface area contributed by atoms with Crippen molar-refractivity contribution in [2.45, 2.75) is 13.0 Å². The molecule has 2 aromatic carbocycles. The zero-order valence-electron chi connectivity index (χ0n) is 13.8. The maximum Gasteiger partial charge on any atom is 0.171 e. The second-order valence-corrected chi connectivity index (χ2v) is 7.28. The van der Waals surface area contributed by atoms with Crippen molar-refractivity contribution in [2.24, 2.45) is 0 Å². The zero-order valence-corrected chi connectivity index (χ0v) is 16.8. The monoisotopic (exact) mass is 464 g/mol. The molecule has 1 aliphatic heterocycles. The van der Waals surface area contributed by atoms with E-state index in [9.17, 15) is 4.79 Å². The lowest BCUT2D eigenvalue weighted by Gasteiger charge is -2.32. The Kier molecular flexibility index (Phi) is 5.39. The van der Waals surface area contributed by atoms with Gasteiger partial charge in [0.15, 0.2) is 10.9 Å². The fraction of sp³-hybridized carbons (Fsp3) is 0.158. The molecule has 1 aliphatic rings. The van der Waals surface area contributed by atoms with Crippen molar-refractivity contribution >= 4 is 51.4 Å². The highest BCUT2D eigenvalue weighted by molar-refractivity contribution is 14.1. The van der Waals surface area contributed by atoms with Gasteiger partial charge in [-0.05, 0) is 65.5 Å². The molecule has 0 aliphatic carbocycles. The Morgan fingerprint density at radius 1 is 1.20 bits per heavy atom. The molecule has 0 fully saturated rings. The van der Waals surface area contributed by atoms with Crippen molar-refractivity contribution in [2.75, 3.05) is 7.11 Å². The minimum atomic E-state index is -0.369. The van der Waals surface area contributed by atoms with Gasteiger partial charge in [0.05, 0.1) is 18.8 Å². The standard InChI is InChI=1S/C19H17IN2O2S/c1-11(23)16-17(12-6-4-3-5-7-12)21-19(25)22-18(16)14-10-13(20)8-9-15(14)24-2/h3-10,18H,1-2H3,(H2,21,22,25). The molecule has 1 unspecified atom stereocenters. The number of methoxy groups -OCH3 is 1. The van der Waals surface area contributed by atoms with Crippen LogP contribution in [0.1, 0.15) is 24.1 Å². The molecule has 0 saturated carbocycles. The van der Waals surface area contributed by atoms with Crippen LogP contribution in [-0.4, -0.2) is 18.0 Å². The first kappa shape index (κ1) is 17.9. The summed E-state index contributed by atoms with van der Waals surface area (Å²) in [5.41, 5.74) is 3.19. The number of hydrogen-bond acceptors (Lipinski definition) is 3. The summed E-state index contributed by atoms with van der Waals surface area (Å²) in [4.78, 5) is 12.5. The van der Waals surface area contributed by atoms with E-state index in [1.54, 1.807) is 14.0 Å². The summed E-state index contributed by atoms with van der Waals surface area (Å²) in [6.45, 7) is 1.57. The van der Waals surface area contributed by atoms with Crippen LogP contribution in [0.5, 0.6) is 5.75 Å². The van der Waals surface area contributed by atoms with E-state index in [0.29, 0.717) is 16.4 Å². The number of rotatable bonds is 4. The summed E-state index contributed by atoms with van der Waals surface area (Å²) in [7, 11) is 1.63. The van der Waals surface area contributed by atoms with Gasteiger partial charge < -0.3 is 15.4 Å². The van der Waals surface area contributed by atoms with Crippen molar-refractivity contribution in [3.63, 3.8) is 0 Å². The average Bonchev–Trinajstić information content (AvgIpc) is 2.61. The second-order valence-electron chi connectivity index (χ2n) is 5.63. The predicted molar refractivity (Wildman–Crippen MR) is 111 cm³/mol. The normalized spacial score (nSPS) is 16.9. The Hall–Kier alpha value is -1.93. The SMILES string of the molecule is COc1ccc(I)cc1C1NC(=S)NC(c2ccccc2)=C1C(C)=O. The Balaban J connectivity index is 2.23. The largest absolute Gasteiger partial charge is 0.496 e. The molecule has 0 saturated heterocycles. The second kappa shape index (κ2) is 7.53. The number of carbonyl (C=O) groups excluding carboxylic acids is 1. The lowest BCUT2D eigenvalue weighted by atomic mass is 9.90. The van der Waals surface area contributed by atoms with Crippen LogP contribution >= 0.6 is 34.8 Å². The van der Waals surface area contributed by atoms with E-state index in [0.717, 1.165) is 20.4 Å². The smallest absolute Gasteiger partial charge is 0.171 e. The summed E-state index contributed by atoms with van der Waals surface area (Å²) < 4.78 is 6.58. The van der Waals surface area contributed by atoms with Crippen LogP contribution in [0.25, 0.3) is 5.70 Å². The molecule has 4 nitrogen and oxygen atoms in total. The zero-order chi connectivity index (χ0) is 18.0. The molecule has 3 rings (SSSR count). The molecule has 128 valence electrons. The van der Waals surface area contributed by atoms with E-state index < -0.39 is 0 Å². The van der Waals surface area contributed by atoms with E-state index in [1.165, 1.54) is 0 Å². The maximum absolute atomic E-state index is 12.5. The molecular formula is C19H17IN2O2S. The minimum Gasteiger partial charge on any atom is -0.496 e. The summed E-state index contributed by atoms with van der Waals surface area (Å²) >= 11 is 7.65. The van der Waals surface area contributed by atoms with Gasteiger partial charge in [0.25, 0.3) is 0 Å². The van der Waals surface area contributed by atoms with Crippen LogP contribution in [0.4, 0.5) is 0 Å². The van der Waals surface area contributed by atoms with Gasteiger partial charge in [-0.1, -0.05) is 30.3 Å². The molecule has 0 amide bonds.